The van der Waals surface area contributed by atoms with Gasteiger partial charge in [0.1, 0.15) is 17.1 Å². The average Bonchev–Trinajstić information content (AvgIpc) is 2.99. The third-order valence-electron chi connectivity index (χ3n) is 7.37. The van der Waals surface area contributed by atoms with Gasteiger partial charge in [0.25, 0.3) is 0 Å². The fourth-order valence-corrected chi connectivity index (χ4v) is 5.26. The Morgan fingerprint density at radius 3 is 2.19 bits per heavy atom. The molecule has 0 bridgehead atoms. The quantitative estimate of drug-likeness (QED) is 0.182. The van der Waals surface area contributed by atoms with Gasteiger partial charge in [-0.15, -0.1) is 0 Å². The number of rotatable bonds is 10. The summed E-state index contributed by atoms with van der Waals surface area (Å²) in [5.41, 5.74) is 1.75. The van der Waals surface area contributed by atoms with Gasteiger partial charge in [0.2, 0.25) is 0 Å². The minimum Gasteiger partial charge on any atom is -0.493 e. The van der Waals surface area contributed by atoms with E-state index in [1.54, 1.807) is 4.90 Å². The average molecular weight is 568 g/mol. The molecule has 1 aliphatic heterocycles. The molecule has 6 nitrogen and oxygen atoms in total. The van der Waals surface area contributed by atoms with E-state index in [1.165, 1.54) is 16.3 Å². The molecule has 2 unspecified atom stereocenters. The third-order valence-corrected chi connectivity index (χ3v) is 7.37. The van der Waals surface area contributed by atoms with Gasteiger partial charge in [-0.2, -0.15) is 0 Å². The van der Waals surface area contributed by atoms with E-state index in [4.69, 9.17) is 18.9 Å². The Bertz CT molecular complexity index is 1430. The van der Waals surface area contributed by atoms with Gasteiger partial charge in [0.15, 0.2) is 0 Å². The van der Waals surface area contributed by atoms with Crippen molar-refractivity contribution in [1.29, 1.82) is 0 Å². The first kappa shape index (κ1) is 29.5. The van der Waals surface area contributed by atoms with E-state index in [2.05, 4.69) is 48.5 Å². The highest BCUT2D eigenvalue weighted by atomic mass is 16.6. The topological polar surface area (TPSA) is 57.2 Å². The highest BCUT2D eigenvalue weighted by molar-refractivity contribution is 5.82. The van der Waals surface area contributed by atoms with Crippen LogP contribution in [0.3, 0.4) is 0 Å². The molecule has 4 aromatic carbocycles. The monoisotopic (exact) mass is 567 g/mol. The number of amides is 1. The second-order valence-corrected chi connectivity index (χ2v) is 11.8. The Morgan fingerprint density at radius 2 is 1.48 bits per heavy atom. The van der Waals surface area contributed by atoms with Crippen molar-refractivity contribution in [2.75, 3.05) is 26.3 Å². The molecule has 0 saturated carbocycles. The predicted octanol–water partition coefficient (Wildman–Crippen LogP) is 8.00. The molecule has 4 aromatic rings. The molecule has 1 heterocycles. The summed E-state index contributed by atoms with van der Waals surface area (Å²) in [7, 11) is 0. The molecule has 5 rings (SSSR count). The standard InChI is InChI=1S/C36H41NO5/c1-36(2,3)42-35(38)37-21-20-33(34(25-37)41-26-27-14-15-28-10-7-8-11-30(28)24-27)29-16-18-32(19-17-29)40-23-9-22-39-31-12-5-4-6-13-31/h4-8,10-19,24,33-34H,9,20-23,25-26H2,1-3H3. The van der Waals surface area contributed by atoms with Crippen LogP contribution in [0.1, 0.15) is 50.7 Å². The highest BCUT2D eigenvalue weighted by Crippen LogP contribution is 2.33. The lowest BCUT2D eigenvalue weighted by Crippen LogP contribution is -2.48. The van der Waals surface area contributed by atoms with Crippen molar-refractivity contribution in [2.24, 2.45) is 0 Å². The molecule has 42 heavy (non-hydrogen) atoms. The van der Waals surface area contributed by atoms with Crippen molar-refractivity contribution in [3.05, 3.63) is 108 Å². The largest absolute Gasteiger partial charge is 0.493 e. The maximum Gasteiger partial charge on any atom is 0.410 e. The van der Waals surface area contributed by atoms with E-state index >= 15 is 0 Å². The molecule has 1 fully saturated rings. The van der Waals surface area contributed by atoms with Crippen molar-refractivity contribution >= 4 is 16.9 Å². The Balaban J connectivity index is 1.21. The van der Waals surface area contributed by atoms with Gasteiger partial charge in [0, 0.05) is 18.9 Å². The molecule has 220 valence electrons. The van der Waals surface area contributed by atoms with Gasteiger partial charge in [-0.05, 0) is 79.4 Å². The number of piperidine rings is 1. The van der Waals surface area contributed by atoms with Crippen molar-refractivity contribution in [1.82, 2.24) is 4.90 Å². The van der Waals surface area contributed by atoms with Gasteiger partial charge in [0.05, 0.1) is 32.5 Å². The number of carbonyl (C=O) groups is 1. The summed E-state index contributed by atoms with van der Waals surface area (Å²) in [5.74, 6) is 1.85. The van der Waals surface area contributed by atoms with Gasteiger partial charge in [-0.1, -0.05) is 66.7 Å². The second kappa shape index (κ2) is 13.8. The maximum atomic E-state index is 12.9. The Kier molecular flexibility index (Phi) is 9.65. The van der Waals surface area contributed by atoms with Crippen LogP contribution in [0, 0.1) is 0 Å². The van der Waals surface area contributed by atoms with Crippen LogP contribution in [-0.4, -0.2) is 49.0 Å². The number of hydrogen-bond acceptors (Lipinski definition) is 5. The first-order valence-electron chi connectivity index (χ1n) is 14.8. The lowest BCUT2D eigenvalue weighted by atomic mass is 9.87. The predicted molar refractivity (Wildman–Crippen MR) is 166 cm³/mol. The van der Waals surface area contributed by atoms with Gasteiger partial charge >= 0.3 is 6.09 Å². The zero-order valence-electron chi connectivity index (χ0n) is 24.8. The fraction of sp³-hybridized carbons (Fsp3) is 0.361. The first-order valence-corrected chi connectivity index (χ1v) is 14.8. The molecular formula is C36H41NO5. The number of fused-ring (bicyclic) bond motifs is 1. The highest BCUT2D eigenvalue weighted by Gasteiger charge is 2.35. The number of benzene rings is 4. The maximum absolute atomic E-state index is 12.9. The fourth-order valence-electron chi connectivity index (χ4n) is 5.26. The van der Waals surface area contributed by atoms with Crippen LogP contribution in [-0.2, 0) is 16.1 Å². The summed E-state index contributed by atoms with van der Waals surface area (Å²) in [4.78, 5) is 14.7. The number of ether oxygens (including phenoxy) is 4. The molecule has 1 saturated heterocycles. The summed E-state index contributed by atoms with van der Waals surface area (Å²) >= 11 is 0. The van der Waals surface area contributed by atoms with E-state index in [0.29, 0.717) is 32.9 Å². The zero-order chi connectivity index (χ0) is 29.4. The minimum atomic E-state index is -0.543. The van der Waals surface area contributed by atoms with Crippen molar-refractivity contribution in [3.8, 4) is 11.5 Å². The molecule has 2 atom stereocenters. The minimum absolute atomic E-state index is 0.150. The van der Waals surface area contributed by atoms with Crippen LogP contribution in [0.25, 0.3) is 10.8 Å². The lowest BCUT2D eigenvalue weighted by molar-refractivity contribution is -0.0359. The van der Waals surface area contributed by atoms with Crippen LogP contribution in [0.5, 0.6) is 11.5 Å². The Labute approximate surface area is 249 Å². The Hall–Kier alpha value is -4.03. The van der Waals surface area contributed by atoms with Crippen LogP contribution >= 0.6 is 0 Å². The number of likely N-dealkylation sites (tertiary alicyclic amines) is 1. The van der Waals surface area contributed by atoms with Crippen LogP contribution in [0.15, 0.2) is 97.1 Å². The van der Waals surface area contributed by atoms with E-state index in [9.17, 15) is 4.79 Å². The molecule has 0 aliphatic carbocycles. The summed E-state index contributed by atoms with van der Waals surface area (Å²) < 4.78 is 24.0. The summed E-state index contributed by atoms with van der Waals surface area (Å²) in [6, 6.07) is 32.9. The zero-order valence-corrected chi connectivity index (χ0v) is 24.8. The van der Waals surface area contributed by atoms with Gasteiger partial charge in [-0.25, -0.2) is 4.79 Å². The summed E-state index contributed by atoms with van der Waals surface area (Å²) in [5, 5.41) is 2.40. The SMILES string of the molecule is CC(C)(C)OC(=O)N1CCC(c2ccc(OCCCOc3ccccc3)cc2)C(OCc2ccc3ccccc3c2)C1. The molecule has 6 heteroatoms. The van der Waals surface area contributed by atoms with E-state index in [-0.39, 0.29) is 18.1 Å². The van der Waals surface area contributed by atoms with Crippen LogP contribution < -0.4 is 9.47 Å². The number of para-hydroxylation sites is 1. The molecular weight excluding hydrogens is 526 g/mol. The van der Waals surface area contributed by atoms with E-state index < -0.39 is 5.60 Å². The van der Waals surface area contributed by atoms with Crippen molar-refractivity contribution in [2.45, 2.75) is 57.8 Å². The summed E-state index contributed by atoms with van der Waals surface area (Å²) in [6.07, 6.45) is 1.13. The van der Waals surface area contributed by atoms with Crippen LogP contribution in [0.2, 0.25) is 0 Å². The molecule has 0 aromatic heterocycles. The molecule has 0 N–H and O–H groups in total. The van der Waals surface area contributed by atoms with E-state index in [1.807, 2.05) is 69.3 Å². The molecule has 1 amide bonds. The van der Waals surface area contributed by atoms with Gasteiger partial charge in [-0.3, -0.25) is 0 Å². The van der Waals surface area contributed by atoms with E-state index in [0.717, 1.165) is 29.9 Å². The smallest absolute Gasteiger partial charge is 0.410 e. The number of hydrogen-bond donors (Lipinski definition) is 0. The Morgan fingerprint density at radius 1 is 0.810 bits per heavy atom. The normalized spacial score (nSPS) is 17.2. The molecule has 0 spiro atoms. The van der Waals surface area contributed by atoms with Crippen LogP contribution in [0.4, 0.5) is 4.79 Å². The van der Waals surface area contributed by atoms with Crippen molar-refractivity contribution < 1.29 is 23.7 Å². The lowest BCUT2D eigenvalue weighted by Gasteiger charge is -2.39. The third kappa shape index (κ3) is 8.26. The van der Waals surface area contributed by atoms with Crippen molar-refractivity contribution in [3.63, 3.8) is 0 Å². The molecule has 0 radical (unpaired) electrons. The number of nitrogens with zero attached hydrogens (tertiary/aromatic N) is 1. The summed E-state index contributed by atoms with van der Waals surface area (Å²) in [6.45, 7) is 8.44. The van der Waals surface area contributed by atoms with Gasteiger partial charge < -0.3 is 23.8 Å². The first-order chi connectivity index (χ1) is 20.3. The molecule has 1 aliphatic rings. The number of carbonyl (C=O) groups excluding carboxylic acids is 1. The second-order valence-electron chi connectivity index (χ2n) is 11.8.